The van der Waals surface area contributed by atoms with Crippen LogP contribution in [-0.2, 0) is 14.3 Å². The smallest absolute Gasteiger partial charge is 0.316 e. The number of carbonyl (C=O) groups excluding carboxylic acids is 2. The van der Waals surface area contributed by atoms with Crippen molar-refractivity contribution < 1.29 is 14.3 Å². The summed E-state index contributed by atoms with van der Waals surface area (Å²) in [7, 11) is 0. The number of cyclic esters (lactones) is 2. The summed E-state index contributed by atoms with van der Waals surface area (Å²) >= 11 is 0. The van der Waals surface area contributed by atoms with Gasteiger partial charge in [-0.05, 0) is 19.3 Å². The molecule has 2 unspecified atom stereocenters. The van der Waals surface area contributed by atoms with E-state index < -0.39 is 0 Å². The fraction of sp³-hybridized carbons (Fsp3) is 0.900. The van der Waals surface area contributed by atoms with Crippen molar-refractivity contribution >= 4 is 11.9 Å². The van der Waals surface area contributed by atoms with E-state index in [0.29, 0.717) is 0 Å². The third-order valence-electron chi connectivity index (χ3n) is 5.00. The highest BCUT2D eigenvalue weighted by atomic mass is 16.6. The van der Waals surface area contributed by atoms with Crippen molar-refractivity contribution in [2.75, 3.05) is 0 Å². The zero-order valence-corrected chi connectivity index (χ0v) is 15.3. The molecule has 0 amide bonds. The molecule has 0 aromatic carbocycles. The Hall–Kier alpha value is -0.860. The number of hydrogen-bond acceptors (Lipinski definition) is 3. The number of hydrogen-bond donors (Lipinski definition) is 0. The van der Waals surface area contributed by atoms with Crippen LogP contribution in [0.2, 0.25) is 0 Å². The van der Waals surface area contributed by atoms with Crippen LogP contribution in [-0.4, -0.2) is 11.9 Å². The molecule has 1 fully saturated rings. The summed E-state index contributed by atoms with van der Waals surface area (Å²) in [6.07, 6.45) is 16.1. The largest absolute Gasteiger partial charge is 0.393 e. The van der Waals surface area contributed by atoms with Crippen molar-refractivity contribution in [3.63, 3.8) is 0 Å². The van der Waals surface area contributed by atoms with Crippen molar-refractivity contribution in [2.24, 2.45) is 11.8 Å². The molecule has 0 N–H and O–H groups in total. The Labute approximate surface area is 142 Å². The fourth-order valence-corrected chi connectivity index (χ4v) is 3.44. The van der Waals surface area contributed by atoms with Crippen LogP contribution in [0.4, 0.5) is 0 Å². The predicted octanol–water partition coefficient (Wildman–Crippen LogP) is 5.80. The summed E-state index contributed by atoms with van der Waals surface area (Å²) < 4.78 is 4.99. The molecular weight excluding hydrogens is 288 g/mol. The van der Waals surface area contributed by atoms with E-state index in [2.05, 4.69) is 13.8 Å². The first-order valence-electron chi connectivity index (χ1n) is 9.94. The molecule has 3 heteroatoms. The lowest BCUT2D eigenvalue weighted by atomic mass is 9.85. The molecular formula is C20H36O3. The van der Waals surface area contributed by atoms with E-state index in [1.165, 1.54) is 44.9 Å². The van der Waals surface area contributed by atoms with Crippen molar-refractivity contribution in [2.45, 2.75) is 104 Å². The Morgan fingerprint density at radius 2 is 1.09 bits per heavy atom. The highest BCUT2D eigenvalue weighted by Gasteiger charge is 2.35. The van der Waals surface area contributed by atoms with Gasteiger partial charge in [-0.15, -0.1) is 0 Å². The summed E-state index contributed by atoms with van der Waals surface area (Å²) in [6.45, 7) is 4.40. The quantitative estimate of drug-likeness (QED) is 0.244. The first-order chi connectivity index (χ1) is 11.2. The van der Waals surface area contributed by atoms with E-state index >= 15 is 0 Å². The second kappa shape index (κ2) is 12.5. The van der Waals surface area contributed by atoms with Crippen LogP contribution in [0.3, 0.4) is 0 Å². The zero-order valence-electron chi connectivity index (χ0n) is 15.3. The molecule has 1 saturated heterocycles. The maximum atomic E-state index is 11.9. The van der Waals surface area contributed by atoms with Gasteiger partial charge < -0.3 is 4.74 Å². The molecule has 2 atom stereocenters. The van der Waals surface area contributed by atoms with Gasteiger partial charge in [0.15, 0.2) is 0 Å². The average molecular weight is 325 g/mol. The van der Waals surface area contributed by atoms with Gasteiger partial charge in [0.25, 0.3) is 0 Å². The molecule has 1 aliphatic heterocycles. The van der Waals surface area contributed by atoms with Crippen molar-refractivity contribution in [3.8, 4) is 0 Å². The molecule has 1 aliphatic rings. The van der Waals surface area contributed by atoms with Gasteiger partial charge in [0, 0.05) is 0 Å². The van der Waals surface area contributed by atoms with Crippen LogP contribution in [0.5, 0.6) is 0 Å². The van der Waals surface area contributed by atoms with E-state index in [-0.39, 0.29) is 23.8 Å². The molecule has 0 aromatic rings. The van der Waals surface area contributed by atoms with E-state index in [4.69, 9.17) is 4.74 Å². The Morgan fingerprint density at radius 3 is 1.61 bits per heavy atom. The van der Waals surface area contributed by atoms with Gasteiger partial charge in [0.2, 0.25) is 0 Å². The topological polar surface area (TPSA) is 43.4 Å². The second-order valence-corrected chi connectivity index (χ2v) is 7.13. The molecule has 0 aromatic heterocycles. The number of rotatable bonds is 13. The Balaban J connectivity index is 2.16. The monoisotopic (exact) mass is 324 g/mol. The van der Waals surface area contributed by atoms with Gasteiger partial charge in [0.05, 0.1) is 11.8 Å². The highest BCUT2D eigenvalue weighted by Crippen LogP contribution is 2.29. The summed E-state index contributed by atoms with van der Waals surface area (Å²) in [6, 6.07) is 0. The van der Waals surface area contributed by atoms with Gasteiger partial charge >= 0.3 is 11.9 Å². The summed E-state index contributed by atoms with van der Waals surface area (Å²) in [5, 5.41) is 0. The van der Waals surface area contributed by atoms with Crippen LogP contribution < -0.4 is 0 Å². The Morgan fingerprint density at radius 1 is 0.696 bits per heavy atom. The fourth-order valence-electron chi connectivity index (χ4n) is 3.44. The van der Waals surface area contributed by atoms with E-state index in [1.807, 2.05) is 0 Å². The number of carbonyl (C=O) groups is 2. The lowest BCUT2D eigenvalue weighted by Crippen LogP contribution is -2.34. The van der Waals surface area contributed by atoms with Crippen LogP contribution in [0.1, 0.15) is 104 Å². The lowest BCUT2D eigenvalue weighted by molar-refractivity contribution is -0.172. The van der Waals surface area contributed by atoms with Gasteiger partial charge in [-0.3, -0.25) is 9.59 Å². The summed E-state index contributed by atoms with van der Waals surface area (Å²) in [4.78, 5) is 23.7. The molecule has 1 rings (SSSR count). The van der Waals surface area contributed by atoms with Crippen LogP contribution in [0.25, 0.3) is 0 Å². The minimum absolute atomic E-state index is 0.0422. The zero-order chi connectivity index (χ0) is 16.9. The average Bonchev–Trinajstić information content (AvgIpc) is 2.53. The van der Waals surface area contributed by atoms with Crippen LogP contribution >= 0.6 is 0 Å². The lowest BCUT2D eigenvalue weighted by Gasteiger charge is -2.26. The van der Waals surface area contributed by atoms with E-state index in [0.717, 1.165) is 44.9 Å². The maximum absolute atomic E-state index is 11.9. The SMILES string of the molecule is CCCCCCCCCCC1CC(CCCCC)C(=O)OC1=O. The molecule has 0 radical (unpaired) electrons. The predicted molar refractivity (Wildman–Crippen MR) is 94.1 cm³/mol. The third-order valence-corrected chi connectivity index (χ3v) is 5.00. The van der Waals surface area contributed by atoms with Crippen molar-refractivity contribution in [3.05, 3.63) is 0 Å². The van der Waals surface area contributed by atoms with Crippen molar-refractivity contribution in [1.82, 2.24) is 0 Å². The minimum atomic E-state index is -0.279. The van der Waals surface area contributed by atoms with Gasteiger partial charge in [0.1, 0.15) is 0 Å². The Bertz CT molecular complexity index is 338. The standard InChI is InChI=1S/C20H36O3/c1-3-5-7-8-9-10-11-13-15-18-16-17(14-12-6-4-2)19(21)23-20(18)22/h17-18H,3-16H2,1-2H3. The number of unbranched alkanes of at least 4 members (excludes halogenated alkanes) is 9. The molecule has 0 aliphatic carbocycles. The van der Waals surface area contributed by atoms with E-state index in [9.17, 15) is 9.59 Å². The summed E-state index contributed by atoms with van der Waals surface area (Å²) in [5.74, 6) is -0.638. The number of ether oxygens (including phenoxy) is 1. The second-order valence-electron chi connectivity index (χ2n) is 7.13. The molecule has 0 saturated carbocycles. The normalized spacial score (nSPS) is 21.5. The van der Waals surface area contributed by atoms with Crippen LogP contribution in [0, 0.1) is 11.8 Å². The van der Waals surface area contributed by atoms with Gasteiger partial charge in [-0.1, -0.05) is 84.5 Å². The maximum Gasteiger partial charge on any atom is 0.316 e. The van der Waals surface area contributed by atoms with Crippen LogP contribution in [0.15, 0.2) is 0 Å². The highest BCUT2D eigenvalue weighted by molar-refractivity contribution is 5.90. The summed E-state index contributed by atoms with van der Waals surface area (Å²) in [5.41, 5.74) is 0. The molecule has 0 spiro atoms. The molecule has 0 bridgehead atoms. The van der Waals surface area contributed by atoms with Crippen molar-refractivity contribution in [1.29, 1.82) is 0 Å². The van der Waals surface area contributed by atoms with Gasteiger partial charge in [-0.2, -0.15) is 0 Å². The number of esters is 2. The molecule has 134 valence electrons. The molecule has 23 heavy (non-hydrogen) atoms. The Kier molecular flexibility index (Phi) is 11.0. The first-order valence-corrected chi connectivity index (χ1v) is 9.94. The molecule has 3 nitrogen and oxygen atoms in total. The van der Waals surface area contributed by atoms with Gasteiger partial charge in [-0.25, -0.2) is 0 Å². The first kappa shape index (κ1) is 20.2. The third kappa shape index (κ3) is 8.53. The molecule has 1 heterocycles. The minimum Gasteiger partial charge on any atom is -0.393 e. The van der Waals surface area contributed by atoms with E-state index in [1.54, 1.807) is 0 Å².